The fraction of sp³-hybridized carbons (Fsp3) is 0.385. The lowest BCUT2D eigenvalue weighted by Crippen LogP contribution is -2.24. The van der Waals surface area contributed by atoms with E-state index in [0.29, 0.717) is 18.7 Å². The SMILES string of the molecule is CCCNC(=O)c1ccc(CNC(C)=O)cc1. The predicted octanol–water partition coefficient (Wildman–Crippen LogP) is 1.46. The maximum absolute atomic E-state index is 11.6. The number of carbonyl (C=O) groups is 2. The molecule has 4 heteroatoms. The van der Waals surface area contributed by atoms with Gasteiger partial charge in [-0.25, -0.2) is 0 Å². The lowest BCUT2D eigenvalue weighted by molar-refractivity contribution is -0.119. The van der Waals surface area contributed by atoms with Crippen LogP contribution in [0.3, 0.4) is 0 Å². The first-order chi connectivity index (χ1) is 8.13. The summed E-state index contributed by atoms with van der Waals surface area (Å²) in [6, 6.07) is 7.22. The highest BCUT2D eigenvalue weighted by molar-refractivity contribution is 5.94. The van der Waals surface area contributed by atoms with Crippen LogP contribution in [-0.4, -0.2) is 18.4 Å². The number of hydrogen-bond acceptors (Lipinski definition) is 2. The van der Waals surface area contributed by atoms with Crippen molar-refractivity contribution >= 4 is 11.8 Å². The van der Waals surface area contributed by atoms with Crippen molar-refractivity contribution in [3.05, 3.63) is 35.4 Å². The van der Waals surface area contributed by atoms with Crippen molar-refractivity contribution in [3.8, 4) is 0 Å². The smallest absolute Gasteiger partial charge is 0.251 e. The normalized spacial score (nSPS) is 9.76. The molecule has 0 saturated carbocycles. The van der Waals surface area contributed by atoms with Gasteiger partial charge < -0.3 is 10.6 Å². The van der Waals surface area contributed by atoms with Crippen LogP contribution >= 0.6 is 0 Å². The van der Waals surface area contributed by atoms with Crippen molar-refractivity contribution in [1.82, 2.24) is 10.6 Å². The number of amides is 2. The lowest BCUT2D eigenvalue weighted by Gasteiger charge is -2.05. The van der Waals surface area contributed by atoms with Crippen LogP contribution in [0.1, 0.15) is 36.2 Å². The largest absolute Gasteiger partial charge is 0.352 e. The van der Waals surface area contributed by atoms with Gasteiger partial charge in [0.1, 0.15) is 0 Å². The minimum Gasteiger partial charge on any atom is -0.352 e. The summed E-state index contributed by atoms with van der Waals surface area (Å²) in [7, 11) is 0. The van der Waals surface area contributed by atoms with Crippen molar-refractivity contribution in [3.63, 3.8) is 0 Å². The molecule has 2 amide bonds. The molecule has 0 radical (unpaired) electrons. The zero-order valence-electron chi connectivity index (χ0n) is 10.2. The Kier molecular flexibility index (Phi) is 5.20. The summed E-state index contributed by atoms with van der Waals surface area (Å²) in [5, 5.41) is 5.51. The Morgan fingerprint density at radius 1 is 1.12 bits per heavy atom. The third kappa shape index (κ3) is 4.68. The molecule has 0 spiro atoms. The Labute approximate surface area is 101 Å². The fourth-order valence-corrected chi connectivity index (χ4v) is 1.34. The molecule has 2 N–H and O–H groups in total. The minimum atomic E-state index is -0.0604. The Hall–Kier alpha value is -1.84. The minimum absolute atomic E-state index is 0.0575. The summed E-state index contributed by atoms with van der Waals surface area (Å²) in [5.41, 5.74) is 1.62. The van der Waals surface area contributed by atoms with Gasteiger partial charge in [-0.05, 0) is 24.1 Å². The van der Waals surface area contributed by atoms with Crippen molar-refractivity contribution in [2.24, 2.45) is 0 Å². The molecule has 17 heavy (non-hydrogen) atoms. The van der Waals surface area contributed by atoms with Crippen molar-refractivity contribution in [1.29, 1.82) is 0 Å². The molecule has 1 aromatic rings. The van der Waals surface area contributed by atoms with E-state index in [4.69, 9.17) is 0 Å². The van der Waals surface area contributed by atoms with Gasteiger partial charge in [0.2, 0.25) is 5.91 Å². The van der Waals surface area contributed by atoms with Crippen LogP contribution in [-0.2, 0) is 11.3 Å². The Morgan fingerprint density at radius 2 is 1.76 bits per heavy atom. The van der Waals surface area contributed by atoms with E-state index < -0.39 is 0 Å². The van der Waals surface area contributed by atoms with Crippen LogP contribution < -0.4 is 10.6 Å². The zero-order chi connectivity index (χ0) is 12.7. The first-order valence-corrected chi connectivity index (χ1v) is 5.75. The molecule has 0 saturated heterocycles. The molecular weight excluding hydrogens is 216 g/mol. The van der Waals surface area contributed by atoms with E-state index >= 15 is 0 Å². The highest BCUT2D eigenvalue weighted by atomic mass is 16.2. The van der Waals surface area contributed by atoms with E-state index in [1.165, 1.54) is 6.92 Å². The summed E-state index contributed by atoms with van der Waals surface area (Å²) in [4.78, 5) is 22.3. The van der Waals surface area contributed by atoms with Crippen molar-refractivity contribution in [2.75, 3.05) is 6.54 Å². The molecule has 0 unspecified atom stereocenters. The second-order valence-electron chi connectivity index (χ2n) is 3.86. The Bertz CT molecular complexity index is 385. The molecule has 0 aromatic heterocycles. The van der Waals surface area contributed by atoms with Gasteiger partial charge in [0.25, 0.3) is 5.91 Å². The Morgan fingerprint density at radius 3 is 2.29 bits per heavy atom. The second-order valence-corrected chi connectivity index (χ2v) is 3.86. The van der Waals surface area contributed by atoms with Gasteiger partial charge in [-0.3, -0.25) is 9.59 Å². The van der Waals surface area contributed by atoms with Gasteiger partial charge in [-0.15, -0.1) is 0 Å². The molecule has 92 valence electrons. The van der Waals surface area contributed by atoms with E-state index in [1.54, 1.807) is 12.1 Å². The average Bonchev–Trinajstić information content (AvgIpc) is 2.34. The van der Waals surface area contributed by atoms with Crippen molar-refractivity contribution < 1.29 is 9.59 Å². The van der Waals surface area contributed by atoms with Gasteiger partial charge in [0, 0.05) is 25.6 Å². The highest BCUT2D eigenvalue weighted by Crippen LogP contribution is 2.04. The molecule has 0 atom stereocenters. The van der Waals surface area contributed by atoms with Crippen LogP contribution in [0.4, 0.5) is 0 Å². The van der Waals surface area contributed by atoms with Crippen LogP contribution in [0, 0.1) is 0 Å². The first-order valence-electron chi connectivity index (χ1n) is 5.75. The summed E-state index contributed by atoms with van der Waals surface area (Å²) >= 11 is 0. The van der Waals surface area contributed by atoms with E-state index in [2.05, 4.69) is 10.6 Å². The van der Waals surface area contributed by atoms with E-state index in [9.17, 15) is 9.59 Å². The molecule has 1 rings (SSSR count). The predicted molar refractivity (Wildman–Crippen MR) is 66.6 cm³/mol. The van der Waals surface area contributed by atoms with Gasteiger partial charge >= 0.3 is 0 Å². The second kappa shape index (κ2) is 6.68. The molecule has 4 nitrogen and oxygen atoms in total. The highest BCUT2D eigenvalue weighted by Gasteiger charge is 2.03. The molecule has 0 fully saturated rings. The summed E-state index contributed by atoms with van der Waals surface area (Å²) in [6.07, 6.45) is 0.923. The van der Waals surface area contributed by atoms with Gasteiger partial charge in [-0.2, -0.15) is 0 Å². The van der Waals surface area contributed by atoms with Crippen LogP contribution in [0.25, 0.3) is 0 Å². The molecule has 0 heterocycles. The molecule has 0 aliphatic rings. The third-order valence-corrected chi connectivity index (χ3v) is 2.29. The number of nitrogens with one attached hydrogen (secondary N) is 2. The quantitative estimate of drug-likeness (QED) is 0.810. The first kappa shape index (κ1) is 13.2. The zero-order valence-corrected chi connectivity index (χ0v) is 10.2. The van der Waals surface area contributed by atoms with Crippen LogP contribution in [0.2, 0.25) is 0 Å². The monoisotopic (exact) mass is 234 g/mol. The molecule has 0 aliphatic carbocycles. The summed E-state index contributed by atoms with van der Waals surface area (Å²) < 4.78 is 0. The van der Waals surface area contributed by atoms with Crippen LogP contribution in [0.5, 0.6) is 0 Å². The summed E-state index contributed by atoms with van der Waals surface area (Å²) in [6.45, 7) is 4.67. The number of carbonyl (C=O) groups excluding carboxylic acids is 2. The average molecular weight is 234 g/mol. The summed E-state index contributed by atoms with van der Waals surface area (Å²) in [5.74, 6) is -0.118. The molecular formula is C13H18N2O2. The molecule has 0 bridgehead atoms. The van der Waals surface area contributed by atoms with E-state index in [1.807, 2.05) is 19.1 Å². The third-order valence-electron chi connectivity index (χ3n) is 2.29. The fourth-order valence-electron chi connectivity index (χ4n) is 1.34. The van der Waals surface area contributed by atoms with Gasteiger partial charge in [0.15, 0.2) is 0 Å². The Balaban J connectivity index is 2.55. The lowest BCUT2D eigenvalue weighted by atomic mass is 10.1. The van der Waals surface area contributed by atoms with Gasteiger partial charge in [0.05, 0.1) is 0 Å². The number of hydrogen-bond donors (Lipinski definition) is 2. The van der Waals surface area contributed by atoms with E-state index in [0.717, 1.165) is 12.0 Å². The van der Waals surface area contributed by atoms with Gasteiger partial charge in [-0.1, -0.05) is 19.1 Å². The van der Waals surface area contributed by atoms with Crippen LogP contribution in [0.15, 0.2) is 24.3 Å². The standard InChI is InChI=1S/C13H18N2O2/c1-3-8-14-13(17)12-6-4-11(5-7-12)9-15-10(2)16/h4-7H,3,8-9H2,1-2H3,(H,14,17)(H,15,16). The maximum atomic E-state index is 11.6. The molecule has 0 aliphatic heterocycles. The topological polar surface area (TPSA) is 58.2 Å². The number of rotatable bonds is 5. The number of benzene rings is 1. The maximum Gasteiger partial charge on any atom is 0.251 e. The van der Waals surface area contributed by atoms with E-state index in [-0.39, 0.29) is 11.8 Å². The molecule has 1 aromatic carbocycles. The van der Waals surface area contributed by atoms with Crippen molar-refractivity contribution in [2.45, 2.75) is 26.8 Å².